The second kappa shape index (κ2) is 10.2. The first-order valence-corrected chi connectivity index (χ1v) is 11.2. The number of rotatable bonds is 8. The van der Waals surface area contributed by atoms with E-state index >= 15 is 0 Å². The number of hydrogen-bond acceptors (Lipinski definition) is 4. The molecule has 0 saturated heterocycles. The van der Waals surface area contributed by atoms with E-state index in [4.69, 9.17) is 9.73 Å². The minimum Gasteiger partial charge on any atom is -0.383 e. The number of nitrogens with zero attached hydrogens (tertiary/aromatic N) is 2. The Labute approximate surface area is 178 Å². The SMILES string of the molecule is CCc1ccc(-c2csc(=Nc3ccc(SC(F)F)cc3)n2[C@H](C)COC)cc1. The number of benzene rings is 2. The van der Waals surface area contributed by atoms with E-state index in [1.54, 1.807) is 42.7 Å². The Morgan fingerprint density at radius 2 is 1.79 bits per heavy atom. The molecule has 29 heavy (non-hydrogen) atoms. The molecular formula is C22H24F2N2OS2. The largest absolute Gasteiger partial charge is 0.383 e. The summed E-state index contributed by atoms with van der Waals surface area (Å²) in [6, 6.07) is 15.6. The number of aromatic nitrogens is 1. The van der Waals surface area contributed by atoms with Crippen LogP contribution >= 0.6 is 23.1 Å². The third-order valence-corrected chi connectivity index (χ3v) is 6.10. The molecule has 1 heterocycles. The normalized spacial score (nSPS) is 13.2. The van der Waals surface area contributed by atoms with Crippen molar-refractivity contribution in [1.29, 1.82) is 0 Å². The minimum absolute atomic E-state index is 0.0968. The Kier molecular flexibility index (Phi) is 7.64. The van der Waals surface area contributed by atoms with Crippen LogP contribution in [0.15, 0.2) is 63.8 Å². The number of aryl methyl sites for hydroxylation is 1. The summed E-state index contributed by atoms with van der Waals surface area (Å²) in [5.74, 6) is -2.42. The first kappa shape index (κ1) is 21.7. The molecule has 7 heteroatoms. The Morgan fingerprint density at radius 3 is 2.38 bits per heavy atom. The van der Waals surface area contributed by atoms with Crippen LogP contribution in [0.5, 0.6) is 0 Å². The molecule has 0 unspecified atom stereocenters. The molecule has 0 aliphatic rings. The summed E-state index contributed by atoms with van der Waals surface area (Å²) in [7, 11) is 1.69. The van der Waals surface area contributed by atoms with E-state index in [0.717, 1.165) is 28.2 Å². The molecule has 3 rings (SSSR count). The fourth-order valence-electron chi connectivity index (χ4n) is 3.08. The predicted molar refractivity (Wildman–Crippen MR) is 117 cm³/mol. The zero-order valence-corrected chi connectivity index (χ0v) is 18.3. The summed E-state index contributed by atoms with van der Waals surface area (Å²) >= 11 is 2.10. The van der Waals surface area contributed by atoms with E-state index in [2.05, 4.69) is 48.1 Å². The molecular weight excluding hydrogens is 410 g/mol. The summed E-state index contributed by atoms with van der Waals surface area (Å²) < 4.78 is 32.6. The first-order valence-electron chi connectivity index (χ1n) is 9.39. The molecule has 3 nitrogen and oxygen atoms in total. The molecule has 0 bridgehead atoms. The molecule has 1 atom stereocenters. The highest BCUT2D eigenvalue weighted by atomic mass is 32.2. The van der Waals surface area contributed by atoms with Crippen molar-refractivity contribution in [2.24, 2.45) is 4.99 Å². The van der Waals surface area contributed by atoms with Gasteiger partial charge in [-0.3, -0.25) is 0 Å². The van der Waals surface area contributed by atoms with Crippen molar-refractivity contribution in [3.8, 4) is 11.3 Å². The fraction of sp³-hybridized carbons (Fsp3) is 0.318. The molecule has 0 amide bonds. The van der Waals surface area contributed by atoms with Gasteiger partial charge in [0.2, 0.25) is 0 Å². The molecule has 0 radical (unpaired) electrons. The van der Waals surface area contributed by atoms with Gasteiger partial charge in [-0.2, -0.15) is 8.78 Å². The van der Waals surface area contributed by atoms with Gasteiger partial charge in [-0.25, -0.2) is 4.99 Å². The van der Waals surface area contributed by atoms with Crippen LogP contribution in [0.4, 0.5) is 14.5 Å². The predicted octanol–water partition coefficient (Wildman–Crippen LogP) is 6.53. The Bertz CT molecular complexity index is 979. The van der Waals surface area contributed by atoms with E-state index < -0.39 is 5.76 Å². The third-order valence-electron chi connectivity index (χ3n) is 4.53. The van der Waals surface area contributed by atoms with E-state index in [1.165, 1.54) is 5.56 Å². The summed E-state index contributed by atoms with van der Waals surface area (Å²) in [6.45, 7) is 4.80. The topological polar surface area (TPSA) is 26.5 Å². The van der Waals surface area contributed by atoms with Gasteiger partial charge in [0.15, 0.2) is 4.80 Å². The van der Waals surface area contributed by atoms with Crippen molar-refractivity contribution in [3.05, 3.63) is 64.3 Å². The van der Waals surface area contributed by atoms with Crippen LogP contribution in [0.2, 0.25) is 0 Å². The number of ether oxygens (including phenoxy) is 1. The second-order valence-corrected chi connectivity index (χ2v) is 8.51. The zero-order valence-electron chi connectivity index (χ0n) is 16.6. The lowest BCUT2D eigenvalue weighted by Crippen LogP contribution is -2.22. The van der Waals surface area contributed by atoms with Crippen molar-refractivity contribution >= 4 is 28.8 Å². The molecule has 3 aromatic rings. The van der Waals surface area contributed by atoms with Gasteiger partial charge in [-0.05, 0) is 48.7 Å². The monoisotopic (exact) mass is 434 g/mol. The van der Waals surface area contributed by atoms with Crippen LogP contribution in [0.3, 0.4) is 0 Å². The highest BCUT2D eigenvalue weighted by Gasteiger charge is 2.14. The van der Waals surface area contributed by atoms with Gasteiger partial charge in [0.25, 0.3) is 5.76 Å². The average Bonchev–Trinajstić information content (AvgIpc) is 3.13. The van der Waals surface area contributed by atoms with E-state index in [9.17, 15) is 8.78 Å². The maximum absolute atomic E-state index is 12.5. The number of hydrogen-bond donors (Lipinski definition) is 0. The minimum atomic E-state index is -2.42. The van der Waals surface area contributed by atoms with Crippen LogP contribution in [0.1, 0.15) is 25.5 Å². The van der Waals surface area contributed by atoms with Gasteiger partial charge in [0, 0.05) is 17.4 Å². The van der Waals surface area contributed by atoms with Crippen molar-refractivity contribution in [1.82, 2.24) is 4.57 Å². The van der Waals surface area contributed by atoms with Crippen molar-refractivity contribution < 1.29 is 13.5 Å². The van der Waals surface area contributed by atoms with Gasteiger partial charge in [-0.1, -0.05) is 43.0 Å². The summed E-state index contributed by atoms with van der Waals surface area (Å²) in [5.41, 5.74) is 4.25. The Morgan fingerprint density at radius 1 is 1.10 bits per heavy atom. The molecule has 0 aliphatic heterocycles. The van der Waals surface area contributed by atoms with E-state index in [1.807, 2.05) is 0 Å². The van der Waals surface area contributed by atoms with Crippen molar-refractivity contribution in [2.45, 2.75) is 37.0 Å². The van der Waals surface area contributed by atoms with Gasteiger partial charge in [0.05, 0.1) is 24.0 Å². The van der Waals surface area contributed by atoms with E-state index in [0.29, 0.717) is 23.3 Å². The molecule has 0 N–H and O–H groups in total. The molecule has 2 aromatic carbocycles. The molecule has 154 valence electrons. The number of thioether (sulfide) groups is 1. The van der Waals surface area contributed by atoms with E-state index in [-0.39, 0.29) is 6.04 Å². The molecule has 0 spiro atoms. The first-order chi connectivity index (χ1) is 14.0. The standard InChI is InChI=1S/C22H24F2N2OS2/c1-4-16-5-7-17(8-6-16)20-14-28-22(26(20)15(2)13-27-3)25-18-9-11-19(12-10-18)29-21(23)24/h5-12,14-15,21H,4,13H2,1-3H3/t15-/m1/s1. The third kappa shape index (κ3) is 5.56. The van der Waals surface area contributed by atoms with Crippen molar-refractivity contribution in [2.75, 3.05) is 13.7 Å². The maximum atomic E-state index is 12.5. The summed E-state index contributed by atoms with van der Waals surface area (Å²) in [5, 5.41) is 2.10. The number of methoxy groups -OCH3 is 1. The lowest BCUT2D eigenvalue weighted by atomic mass is 10.1. The fourth-order valence-corrected chi connectivity index (χ4v) is 4.59. The lowest BCUT2D eigenvalue weighted by Gasteiger charge is -2.17. The summed E-state index contributed by atoms with van der Waals surface area (Å²) in [4.78, 5) is 6.15. The smallest absolute Gasteiger partial charge is 0.288 e. The number of halogens is 2. The molecule has 0 saturated carbocycles. The lowest BCUT2D eigenvalue weighted by molar-refractivity contribution is 0.162. The van der Waals surface area contributed by atoms with Gasteiger partial charge < -0.3 is 9.30 Å². The Balaban J connectivity index is 2.01. The second-order valence-electron chi connectivity index (χ2n) is 6.61. The molecule has 0 aliphatic carbocycles. The van der Waals surface area contributed by atoms with Crippen LogP contribution in [-0.4, -0.2) is 24.0 Å². The van der Waals surface area contributed by atoms with Crippen LogP contribution < -0.4 is 4.80 Å². The van der Waals surface area contributed by atoms with Crippen LogP contribution in [-0.2, 0) is 11.2 Å². The molecule has 1 aromatic heterocycles. The maximum Gasteiger partial charge on any atom is 0.288 e. The highest BCUT2D eigenvalue weighted by Crippen LogP contribution is 2.28. The Hall–Kier alpha value is -1.96. The van der Waals surface area contributed by atoms with Crippen LogP contribution in [0.25, 0.3) is 11.3 Å². The van der Waals surface area contributed by atoms with Gasteiger partial charge >= 0.3 is 0 Å². The molecule has 0 fully saturated rings. The average molecular weight is 435 g/mol. The van der Waals surface area contributed by atoms with Gasteiger partial charge in [-0.15, -0.1) is 11.3 Å². The number of thiazole rings is 1. The highest BCUT2D eigenvalue weighted by molar-refractivity contribution is 7.99. The van der Waals surface area contributed by atoms with Crippen LogP contribution in [0, 0.1) is 0 Å². The quantitative estimate of drug-likeness (QED) is 0.377. The zero-order chi connectivity index (χ0) is 20.8. The van der Waals surface area contributed by atoms with Gasteiger partial charge in [0.1, 0.15) is 0 Å². The summed E-state index contributed by atoms with van der Waals surface area (Å²) in [6.07, 6.45) is 1.00. The number of alkyl halides is 2. The van der Waals surface area contributed by atoms with Crippen molar-refractivity contribution in [3.63, 3.8) is 0 Å².